The van der Waals surface area contributed by atoms with Crippen molar-refractivity contribution in [3.63, 3.8) is 0 Å². The van der Waals surface area contributed by atoms with E-state index in [4.69, 9.17) is 0 Å². The fourth-order valence-electron chi connectivity index (χ4n) is 4.17. The van der Waals surface area contributed by atoms with Gasteiger partial charge >= 0.3 is 0 Å². The van der Waals surface area contributed by atoms with Crippen molar-refractivity contribution in [3.8, 4) is 0 Å². The lowest BCUT2D eigenvalue weighted by molar-refractivity contribution is 0.0670. The summed E-state index contributed by atoms with van der Waals surface area (Å²) < 4.78 is 1.22. The molecule has 1 aromatic carbocycles. The number of fused-ring (bicyclic) bond motifs is 4. The van der Waals surface area contributed by atoms with Crippen molar-refractivity contribution in [2.24, 2.45) is 5.92 Å². The second kappa shape index (κ2) is 4.87. The zero-order valence-electron chi connectivity index (χ0n) is 11.2. The first-order valence-corrected chi connectivity index (χ1v) is 8.35. The minimum atomic E-state index is 0.591. The van der Waals surface area contributed by atoms with E-state index in [1.807, 2.05) is 0 Å². The molecule has 0 amide bonds. The van der Waals surface area contributed by atoms with Gasteiger partial charge in [-0.3, -0.25) is 0 Å². The summed E-state index contributed by atoms with van der Waals surface area (Å²) in [5.74, 6) is 0.921. The number of benzene rings is 1. The molecule has 2 unspecified atom stereocenters. The second-order valence-electron chi connectivity index (χ2n) is 6.35. The van der Waals surface area contributed by atoms with Crippen molar-refractivity contribution in [2.45, 2.75) is 37.8 Å². The molecule has 19 heavy (non-hydrogen) atoms. The number of nitrogens with zero attached hydrogens (tertiary/aromatic N) is 1. The molecular formula is C16H21BrN2. The molecule has 0 aromatic heterocycles. The quantitative estimate of drug-likeness (QED) is 0.900. The van der Waals surface area contributed by atoms with Gasteiger partial charge in [0.15, 0.2) is 0 Å². The SMILES string of the molecule is Brc1ccc2c(c1)CCC2NC1CN2CCC1CC2. The Labute approximate surface area is 123 Å². The van der Waals surface area contributed by atoms with Gasteiger partial charge in [-0.25, -0.2) is 0 Å². The van der Waals surface area contributed by atoms with Crippen molar-refractivity contribution >= 4 is 15.9 Å². The van der Waals surface area contributed by atoms with Crippen LogP contribution in [0, 0.1) is 5.92 Å². The molecule has 3 fully saturated rings. The molecule has 2 atom stereocenters. The van der Waals surface area contributed by atoms with E-state index in [0.717, 1.165) is 12.0 Å². The van der Waals surface area contributed by atoms with Gasteiger partial charge in [0.2, 0.25) is 0 Å². The molecule has 1 aliphatic carbocycles. The number of aryl methyl sites for hydroxylation is 1. The Bertz CT molecular complexity index is 480. The molecule has 0 radical (unpaired) electrons. The molecule has 5 rings (SSSR count). The van der Waals surface area contributed by atoms with Gasteiger partial charge in [-0.05, 0) is 68.0 Å². The number of rotatable bonds is 2. The predicted molar refractivity (Wildman–Crippen MR) is 81.3 cm³/mol. The second-order valence-corrected chi connectivity index (χ2v) is 7.26. The molecule has 3 heteroatoms. The van der Waals surface area contributed by atoms with E-state index in [-0.39, 0.29) is 0 Å². The standard InChI is InChI=1S/C16H21BrN2/c17-13-2-3-14-12(9-13)1-4-15(14)18-16-10-19-7-5-11(16)6-8-19/h2-3,9,11,15-16,18H,1,4-8,10H2. The summed E-state index contributed by atoms with van der Waals surface area (Å²) in [6.07, 6.45) is 5.30. The van der Waals surface area contributed by atoms with Crippen LogP contribution >= 0.6 is 15.9 Å². The van der Waals surface area contributed by atoms with Crippen molar-refractivity contribution in [1.82, 2.24) is 10.2 Å². The first-order valence-electron chi connectivity index (χ1n) is 7.56. The molecule has 0 saturated carbocycles. The van der Waals surface area contributed by atoms with Gasteiger partial charge in [-0.15, -0.1) is 0 Å². The van der Waals surface area contributed by atoms with E-state index in [9.17, 15) is 0 Å². The molecule has 102 valence electrons. The van der Waals surface area contributed by atoms with Gasteiger partial charge in [0.05, 0.1) is 0 Å². The Morgan fingerprint density at radius 2 is 2.00 bits per heavy atom. The highest BCUT2D eigenvalue weighted by Gasteiger charge is 2.36. The summed E-state index contributed by atoms with van der Waals surface area (Å²) in [6, 6.07) is 8.12. The largest absolute Gasteiger partial charge is 0.306 e. The zero-order valence-corrected chi connectivity index (χ0v) is 12.8. The summed E-state index contributed by atoms with van der Waals surface area (Å²) in [7, 11) is 0. The summed E-state index contributed by atoms with van der Waals surface area (Å²) in [6.45, 7) is 3.93. The van der Waals surface area contributed by atoms with Gasteiger partial charge in [-0.1, -0.05) is 22.0 Å². The van der Waals surface area contributed by atoms with Crippen LogP contribution in [0.4, 0.5) is 0 Å². The Balaban J connectivity index is 1.50. The minimum Gasteiger partial charge on any atom is -0.306 e. The van der Waals surface area contributed by atoms with Gasteiger partial charge in [0.25, 0.3) is 0 Å². The topological polar surface area (TPSA) is 15.3 Å². The van der Waals surface area contributed by atoms with Crippen LogP contribution in [0.1, 0.15) is 36.4 Å². The normalized spacial score (nSPS) is 36.5. The van der Waals surface area contributed by atoms with Crippen LogP contribution in [0.5, 0.6) is 0 Å². The van der Waals surface area contributed by atoms with Crippen LogP contribution in [0.2, 0.25) is 0 Å². The summed E-state index contributed by atoms with van der Waals surface area (Å²) >= 11 is 3.58. The highest BCUT2D eigenvalue weighted by molar-refractivity contribution is 9.10. The molecule has 4 aliphatic rings. The van der Waals surface area contributed by atoms with Crippen LogP contribution in [-0.4, -0.2) is 30.6 Å². The Kier molecular flexibility index (Phi) is 3.17. The van der Waals surface area contributed by atoms with Crippen LogP contribution in [-0.2, 0) is 6.42 Å². The van der Waals surface area contributed by atoms with Gasteiger partial charge in [0.1, 0.15) is 0 Å². The molecule has 2 nitrogen and oxygen atoms in total. The average Bonchev–Trinajstić information content (AvgIpc) is 2.82. The Morgan fingerprint density at radius 3 is 2.74 bits per heavy atom. The van der Waals surface area contributed by atoms with E-state index in [1.165, 1.54) is 55.4 Å². The fraction of sp³-hybridized carbons (Fsp3) is 0.625. The number of piperidine rings is 3. The molecule has 3 heterocycles. The lowest BCUT2D eigenvalue weighted by Gasteiger charge is -2.46. The van der Waals surface area contributed by atoms with Gasteiger partial charge in [0, 0.05) is 23.1 Å². The maximum atomic E-state index is 3.97. The number of halogens is 1. The molecule has 1 N–H and O–H groups in total. The van der Waals surface area contributed by atoms with Crippen molar-refractivity contribution in [2.75, 3.05) is 19.6 Å². The Hall–Kier alpha value is -0.380. The van der Waals surface area contributed by atoms with Gasteiger partial charge in [-0.2, -0.15) is 0 Å². The smallest absolute Gasteiger partial charge is 0.0329 e. The van der Waals surface area contributed by atoms with Crippen LogP contribution in [0.25, 0.3) is 0 Å². The molecule has 2 bridgehead atoms. The summed E-state index contributed by atoms with van der Waals surface area (Å²) in [5, 5.41) is 3.97. The molecule has 1 aromatic rings. The number of hydrogen-bond donors (Lipinski definition) is 1. The maximum Gasteiger partial charge on any atom is 0.0329 e. The van der Waals surface area contributed by atoms with Crippen LogP contribution < -0.4 is 5.32 Å². The summed E-state index contributed by atoms with van der Waals surface area (Å²) in [4.78, 5) is 2.63. The maximum absolute atomic E-state index is 3.97. The third-order valence-corrected chi connectivity index (χ3v) is 5.75. The first-order chi connectivity index (χ1) is 9.29. The average molecular weight is 321 g/mol. The Morgan fingerprint density at radius 1 is 1.16 bits per heavy atom. The highest BCUT2D eigenvalue weighted by Crippen LogP contribution is 2.35. The van der Waals surface area contributed by atoms with E-state index < -0.39 is 0 Å². The van der Waals surface area contributed by atoms with E-state index >= 15 is 0 Å². The van der Waals surface area contributed by atoms with Crippen molar-refractivity contribution < 1.29 is 0 Å². The van der Waals surface area contributed by atoms with E-state index in [2.05, 4.69) is 44.3 Å². The third-order valence-electron chi connectivity index (χ3n) is 5.25. The first kappa shape index (κ1) is 12.4. The molecular weight excluding hydrogens is 300 g/mol. The van der Waals surface area contributed by atoms with Crippen LogP contribution in [0.15, 0.2) is 22.7 Å². The molecule has 3 saturated heterocycles. The predicted octanol–water partition coefficient (Wildman–Crippen LogP) is 3.12. The van der Waals surface area contributed by atoms with Gasteiger partial charge < -0.3 is 10.2 Å². The van der Waals surface area contributed by atoms with E-state index in [1.54, 1.807) is 5.56 Å². The number of hydrogen-bond acceptors (Lipinski definition) is 2. The fourth-order valence-corrected chi connectivity index (χ4v) is 4.58. The lowest BCUT2D eigenvalue weighted by atomic mass is 9.83. The van der Waals surface area contributed by atoms with E-state index in [0.29, 0.717) is 6.04 Å². The zero-order chi connectivity index (χ0) is 12.8. The minimum absolute atomic E-state index is 0.591. The summed E-state index contributed by atoms with van der Waals surface area (Å²) in [5.41, 5.74) is 3.08. The lowest BCUT2D eigenvalue weighted by Crippen LogP contribution is -2.56. The monoisotopic (exact) mass is 320 g/mol. The number of nitrogens with one attached hydrogen (secondary N) is 1. The third kappa shape index (κ3) is 2.26. The van der Waals surface area contributed by atoms with Crippen molar-refractivity contribution in [1.29, 1.82) is 0 Å². The molecule has 0 spiro atoms. The highest BCUT2D eigenvalue weighted by atomic mass is 79.9. The molecule has 3 aliphatic heterocycles. The van der Waals surface area contributed by atoms with Crippen molar-refractivity contribution in [3.05, 3.63) is 33.8 Å². The van der Waals surface area contributed by atoms with Crippen LogP contribution in [0.3, 0.4) is 0 Å².